The second-order valence-corrected chi connectivity index (χ2v) is 7.49. The predicted octanol–water partition coefficient (Wildman–Crippen LogP) is -4.06. The predicted molar refractivity (Wildman–Crippen MR) is 89.5 cm³/mol. The largest absolute Gasteiger partial charge is 0.471 e. The summed E-state index contributed by atoms with van der Waals surface area (Å²) >= 11 is 0. The Labute approximate surface area is 165 Å². The van der Waals surface area contributed by atoms with Crippen molar-refractivity contribution in [1.82, 2.24) is 0 Å². The van der Waals surface area contributed by atoms with Crippen molar-refractivity contribution in [2.45, 2.75) is 55.1 Å². The lowest BCUT2D eigenvalue weighted by atomic mass is 9.80. The summed E-state index contributed by atoms with van der Waals surface area (Å²) in [5.74, 6) is -2.97. The first kappa shape index (κ1) is 22.3. The Morgan fingerprint density at radius 3 is 2.45 bits per heavy atom. The molecule has 0 amide bonds. The summed E-state index contributed by atoms with van der Waals surface area (Å²) < 4.78 is 20.9. The van der Waals surface area contributed by atoms with Crippen molar-refractivity contribution < 1.29 is 59.5 Å². The van der Waals surface area contributed by atoms with Crippen molar-refractivity contribution in [3.05, 3.63) is 11.8 Å². The number of aliphatic hydroxyl groups is 7. The number of hydrogen-bond acceptors (Lipinski definition) is 12. The van der Waals surface area contributed by atoms with Crippen LogP contribution in [-0.2, 0) is 23.7 Å². The second-order valence-electron chi connectivity index (χ2n) is 7.49. The van der Waals surface area contributed by atoms with Gasteiger partial charge in [0.15, 0.2) is 6.29 Å². The number of ether oxygens (including phenoxy) is 4. The van der Waals surface area contributed by atoms with Crippen LogP contribution in [-0.4, -0.2) is 111 Å². The van der Waals surface area contributed by atoms with Crippen LogP contribution in [0.25, 0.3) is 0 Å². The molecule has 2 aliphatic heterocycles. The summed E-state index contributed by atoms with van der Waals surface area (Å²) in [6.45, 7) is -1.45. The Morgan fingerprint density at radius 1 is 1.17 bits per heavy atom. The average molecular weight is 422 g/mol. The van der Waals surface area contributed by atoms with E-state index in [1.54, 1.807) is 0 Å². The second kappa shape index (κ2) is 8.41. The third-order valence-electron chi connectivity index (χ3n) is 5.78. The van der Waals surface area contributed by atoms with E-state index in [-0.39, 0.29) is 12.0 Å². The van der Waals surface area contributed by atoms with E-state index >= 15 is 0 Å². The molecule has 0 aromatic heterocycles. The Bertz CT molecular complexity index is 638. The molecule has 12 heteroatoms. The number of rotatable bonds is 5. The summed E-state index contributed by atoms with van der Waals surface area (Å²) in [4.78, 5) is 12.0. The normalized spacial score (nSPS) is 47.2. The molecule has 0 spiro atoms. The van der Waals surface area contributed by atoms with Crippen LogP contribution in [0.1, 0.15) is 6.42 Å². The van der Waals surface area contributed by atoms with Gasteiger partial charge in [-0.3, -0.25) is 0 Å². The van der Waals surface area contributed by atoms with Gasteiger partial charge in [-0.05, 0) is 0 Å². The van der Waals surface area contributed by atoms with Crippen LogP contribution in [0.15, 0.2) is 11.8 Å². The number of esters is 1. The van der Waals surface area contributed by atoms with Crippen molar-refractivity contribution in [3.63, 3.8) is 0 Å². The fourth-order valence-electron chi connectivity index (χ4n) is 4.23. The lowest BCUT2D eigenvalue weighted by Gasteiger charge is -2.44. The molecule has 0 bridgehead atoms. The number of carbonyl (C=O) groups excluding carboxylic acids is 1. The highest BCUT2D eigenvalue weighted by Crippen LogP contribution is 2.49. The summed E-state index contributed by atoms with van der Waals surface area (Å²) in [5, 5.41) is 70.2. The first-order valence-corrected chi connectivity index (χ1v) is 9.09. The van der Waals surface area contributed by atoms with Gasteiger partial charge in [-0.2, -0.15) is 0 Å². The Hall–Kier alpha value is -1.35. The molecule has 2 fully saturated rings. The minimum atomic E-state index is -1.89. The molecule has 3 aliphatic rings. The maximum absolute atomic E-state index is 12.0. The van der Waals surface area contributed by atoms with Gasteiger partial charge in [0.2, 0.25) is 6.29 Å². The lowest BCUT2D eigenvalue weighted by molar-refractivity contribution is -0.347. The van der Waals surface area contributed by atoms with Gasteiger partial charge in [0.1, 0.15) is 24.4 Å². The number of methoxy groups -OCH3 is 1. The van der Waals surface area contributed by atoms with Gasteiger partial charge in [-0.15, -0.1) is 0 Å². The summed E-state index contributed by atoms with van der Waals surface area (Å²) in [6, 6.07) is 0. The number of fused-ring (bicyclic) bond motifs is 1. The van der Waals surface area contributed by atoms with Crippen LogP contribution in [0, 0.1) is 11.8 Å². The summed E-state index contributed by atoms with van der Waals surface area (Å²) in [6.07, 6.45) is -9.76. The van der Waals surface area contributed by atoms with E-state index in [9.17, 15) is 40.5 Å². The zero-order valence-corrected chi connectivity index (χ0v) is 15.6. The maximum Gasteiger partial charge on any atom is 0.337 e. The highest BCUT2D eigenvalue weighted by atomic mass is 16.8. The smallest absolute Gasteiger partial charge is 0.337 e. The zero-order valence-electron chi connectivity index (χ0n) is 15.6. The topological polar surface area (TPSA) is 196 Å². The molecule has 0 unspecified atom stereocenters. The molecule has 2 heterocycles. The lowest BCUT2D eigenvalue weighted by Crippen LogP contribution is -2.61. The highest BCUT2D eigenvalue weighted by molar-refractivity contribution is 5.89. The minimum absolute atomic E-state index is 0.0666. The van der Waals surface area contributed by atoms with Crippen LogP contribution < -0.4 is 0 Å². The molecule has 166 valence electrons. The van der Waals surface area contributed by atoms with Gasteiger partial charge >= 0.3 is 5.97 Å². The summed E-state index contributed by atoms with van der Waals surface area (Å²) in [7, 11) is 1.13. The van der Waals surface area contributed by atoms with Gasteiger partial charge in [0.05, 0.1) is 49.8 Å². The quantitative estimate of drug-likeness (QED) is 0.212. The van der Waals surface area contributed by atoms with E-state index in [2.05, 4.69) is 4.74 Å². The molecule has 0 radical (unpaired) electrons. The summed E-state index contributed by atoms with van der Waals surface area (Å²) in [5.41, 5.74) is -1.96. The van der Waals surface area contributed by atoms with E-state index in [1.165, 1.54) is 0 Å². The third-order valence-corrected chi connectivity index (χ3v) is 5.78. The fraction of sp³-hybridized carbons (Fsp3) is 0.824. The fourth-order valence-corrected chi connectivity index (χ4v) is 4.23. The van der Waals surface area contributed by atoms with Gasteiger partial charge < -0.3 is 54.7 Å². The molecule has 1 saturated carbocycles. The number of aliphatic hydroxyl groups excluding tert-OH is 6. The SMILES string of the molecule is COC(=O)C1=CO[C@@H](O[C@@H]2O[C@H](CO)[C@@H](O)[C@H](O)[C@H]2O)[C@H]2[C@@H]1[C@H](O)C[C@]2(O)CO. The van der Waals surface area contributed by atoms with Crippen LogP contribution in [0.4, 0.5) is 0 Å². The van der Waals surface area contributed by atoms with Crippen LogP contribution in [0.3, 0.4) is 0 Å². The highest BCUT2D eigenvalue weighted by Gasteiger charge is 2.61. The zero-order chi connectivity index (χ0) is 21.5. The molecular formula is C17H26O12. The average Bonchev–Trinajstić information content (AvgIpc) is 2.99. The van der Waals surface area contributed by atoms with Crippen molar-refractivity contribution in [1.29, 1.82) is 0 Å². The minimum Gasteiger partial charge on any atom is -0.471 e. The molecule has 1 saturated heterocycles. The van der Waals surface area contributed by atoms with Crippen molar-refractivity contribution in [2.24, 2.45) is 11.8 Å². The molecule has 29 heavy (non-hydrogen) atoms. The molecule has 0 aromatic rings. The molecule has 1 aliphatic carbocycles. The molecule has 3 rings (SSSR count). The van der Waals surface area contributed by atoms with E-state index in [0.717, 1.165) is 13.4 Å². The van der Waals surface area contributed by atoms with Gasteiger partial charge in [-0.25, -0.2) is 4.79 Å². The van der Waals surface area contributed by atoms with Crippen LogP contribution in [0.5, 0.6) is 0 Å². The first-order chi connectivity index (χ1) is 13.7. The maximum atomic E-state index is 12.0. The van der Waals surface area contributed by atoms with Crippen molar-refractivity contribution in [2.75, 3.05) is 20.3 Å². The molecule has 0 aromatic carbocycles. The molecule has 12 nitrogen and oxygen atoms in total. The van der Waals surface area contributed by atoms with Gasteiger partial charge in [0.25, 0.3) is 0 Å². The Kier molecular flexibility index (Phi) is 6.48. The van der Waals surface area contributed by atoms with E-state index in [1.807, 2.05) is 0 Å². The molecular weight excluding hydrogens is 396 g/mol. The van der Waals surface area contributed by atoms with E-state index < -0.39 is 79.7 Å². The third kappa shape index (κ3) is 3.76. The monoisotopic (exact) mass is 422 g/mol. The Morgan fingerprint density at radius 2 is 1.86 bits per heavy atom. The van der Waals surface area contributed by atoms with Crippen molar-refractivity contribution in [3.8, 4) is 0 Å². The Balaban J connectivity index is 1.89. The standard InChI is InChI=1S/C17H26O12/c1-26-14(24)6-4-27-15(10-9(6)7(20)2-17(10,25)5-19)29-16-13(23)12(22)11(21)8(3-18)28-16/h4,7-13,15-16,18-23,25H,2-3,5H2,1H3/t7-,8-,9+,10-,11-,12+,13-,15+,16+,17+/m1/s1. The van der Waals surface area contributed by atoms with Crippen LogP contribution >= 0.6 is 0 Å². The van der Waals surface area contributed by atoms with E-state index in [4.69, 9.17) is 14.2 Å². The van der Waals surface area contributed by atoms with Gasteiger partial charge in [0, 0.05) is 12.3 Å². The number of carbonyl (C=O) groups is 1. The van der Waals surface area contributed by atoms with E-state index in [0.29, 0.717) is 0 Å². The van der Waals surface area contributed by atoms with Crippen LogP contribution in [0.2, 0.25) is 0 Å². The van der Waals surface area contributed by atoms with Gasteiger partial charge in [-0.1, -0.05) is 0 Å². The molecule has 7 N–H and O–H groups in total. The van der Waals surface area contributed by atoms with Crippen molar-refractivity contribution >= 4 is 5.97 Å². The number of hydrogen-bond donors (Lipinski definition) is 7. The first-order valence-electron chi connectivity index (χ1n) is 9.09. The molecule has 10 atom stereocenters.